The van der Waals surface area contributed by atoms with Crippen LogP contribution in [0.1, 0.15) is 41.3 Å². The van der Waals surface area contributed by atoms with Crippen molar-refractivity contribution in [1.29, 1.82) is 0 Å². The van der Waals surface area contributed by atoms with E-state index in [9.17, 15) is 34.2 Å². The van der Waals surface area contributed by atoms with E-state index in [1.165, 1.54) is 11.0 Å². The largest absolute Gasteiger partial charge is 0.507 e. The van der Waals surface area contributed by atoms with Crippen LogP contribution in [-0.2, 0) is 30.4 Å². The van der Waals surface area contributed by atoms with E-state index in [4.69, 9.17) is 10.6 Å². The highest BCUT2D eigenvalue weighted by Gasteiger charge is 2.69. The Morgan fingerprint density at radius 1 is 1.15 bits per heavy atom. The number of aromatic hydroxyl groups is 1. The number of Topliss-reactive ketones (excluding diaryl/α,β-unsaturated/α-hetero) is 4. The normalized spacial score (nSPS) is 30.3. The van der Waals surface area contributed by atoms with Crippen molar-refractivity contribution >= 4 is 34.8 Å². The molecule has 0 spiro atoms. The molecule has 0 aliphatic heterocycles. The Hall–Kier alpha value is -3.48. The number of hydrogen-bond donors (Lipinski definition) is 3. The van der Waals surface area contributed by atoms with Crippen LogP contribution in [0.25, 0.3) is 0 Å². The van der Waals surface area contributed by atoms with Crippen molar-refractivity contribution in [3.05, 3.63) is 28.8 Å². The van der Waals surface area contributed by atoms with Crippen LogP contribution in [-0.4, -0.2) is 108 Å². The Balaban J connectivity index is 1.85. The van der Waals surface area contributed by atoms with Crippen molar-refractivity contribution in [1.82, 2.24) is 9.80 Å². The molecule has 0 heterocycles. The van der Waals surface area contributed by atoms with Gasteiger partial charge in [0.15, 0.2) is 34.7 Å². The number of nitrogens with zero attached hydrogens (tertiary/aromatic N) is 3. The molecule has 4 N–H and O–H groups in total. The summed E-state index contributed by atoms with van der Waals surface area (Å²) in [5.74, 6) is -10.8. The van der Waals surface area contributed by atoms with E-state index >= 15 is 0 Å². The zero-order valence-corrected chi connectivity index (χ0v) is 23.3. The topological polar surface area (TPSA) is 180 Å². The van der Waals surface area contributed by atoms with Crippen molar-refractivity contribution in [2.24, 2.45) is 34.6 Å². The first-order chi connectivity index (χ1) is 18.8. The Labute approximate surface area is 232 Å². The molecule has 2 fully saturated rings. The minimum absolute atomic E-state index is 0.0192. The highest BCUT2D eigenvalue weighted by molar-refractivity contribution is 6.32. The molecule has 4 rings (SSSR count). The number of hydrogen-bond acceptors (Lipinski definition) is 11. The molecule has 216 valence electrons. The van der Waals surface area contributed by atoms with E-state index in [0.717, 1.165) is 0 Å². The van der Waals surface area contributed by atoms with Crippen LogP contribution >= 0.6 is 0 Å². The van der Waals surface area contributed by atoms with E-state index in [0.29, 0.717) is 36.4 Å². The average Bonchev–Trinajstić information content (AvgIpc) is 2.86. The second-order valence-corrected chi connectivity index (χ2v) is 11.3. The van der Waals surface area contributed by atoms with Crippen molar-refractivity contribution in [3.63, 3.8) is 0 Å². The third kappa shape index (κ3) is 4.53. The monoisotopic (exact) mass is 556 g/mol. The summed E-state index contributed by atoms with van der Waals surface area (Å²) in [6.45, 7) is 2.74. The molecule has 1 aromatic rings. The lowest BCUT2D eigenvalue weighted by Gasteiger charge is -2.52. The van der Waals surface area contributed by atoms with Gasteiger partial charge in [0.2, 0.25) is 5.91 Å². The van der Waals surface area contributed by atoms with Crippen LogP contribution in [0.2, 0.25) is 0 Å². The average molecular weight is 557 g/mol. The SMILES string of the molecule is CCON=C(CCN(C)C)c1ccc(O)c2c1C[C@H]1C[C@H]3[C@@H](N(C)C)C(=O)C(C(N)=O)C(=O)[C@@]3(O)C(=O)C1C2=O. The standard InChI is InChI=1S/C28H36N4O8/c1-6-40-30-17(9-10-31(2)3)14-7-8-18(33)20-15(14)11-13-12-16-22(32(4)5)24(35)21(27(29)38)26(37)28(16,39)25(36)19(13)23(20)34/h7-8,13,16,19,21-22,33,39H,6,9-12H2,1-5H3,(H2,29,38)/t13-,16-,19?,21?,22+,28-/m0/s1. The number of oxime groups is 1. The predicted octanol–water partition coefficient (Wildman–Crippen LogP) is -0.441. The van der Waals surface area contributed by atoms with Crippen LogP contribution in [0.5, 0.6) is 5.75 Å². The maximum atomic E-state index is 13.9. The van der Waals surface area contributed by atoms with E-state index < -0.39 is 64.4 Å². The molecule has 0 aromatic heterocycles. The van der Waals surface area contributed by atoms with Crippen molar-refractivity contribution < 1.29 is 39.0 Å². The summed E-state index contributed by atoms with van der Waals surface area (Å²) in [6.07, 6.45) is 0.616. The number of likely N-dealkylation sites (N-methyl/N-ethyl adjacent to an activating group) is 1. The zero-order chi connectivity index (χ0) is 29.7. The minimum Gasteiger partial charge on any atom is -0.507 e. The number of primary amides is 1. The van der Waals surface area contributed by atoms with Gasteiger partial charge in [-0.1, -0.05) is 5.16 Å². The van der Waals surface area contributed by atoms with Gasteiger partial charge in [-0.15, -0.1) is 0 Å². The molecule has 12 heteroatoms. The van der Waals surface area contributed by atoms with E-state index in [-0.39, 0.29) is 24.2 Å². The molecular weight excluding hydrogens is 520 g/mol. The van der Waals surface area contributed by atoms with Crippen LogP contribution in [0, 0.1) is 23.7 Å². The molecule has 12 nitrogen and oxygen atoms in total. The van der Waals surface area contributed by atoms with Crippen LogP contribution in [0.15, 0.2) is 17.3 Å². The fourth-order valence-corrected chi connectivity index (χ4v) is 6.58. The van der Waals surface area contributed by atoms with E-state index in [1.807, 2.05) is 19.0 Å². The number of nitrogens with two attached hydrogens (primary N) is 1. The Kier molecular flexibility index (Phi) is 7.99. The summed E-state index contributed by atoms with van der Waals surface area (Å²) in [5, 5.41) is 26.7. The zero-order valence-electron chi connectivity index (χ0n) is 23.3. The number of benzene rings is 1. The molecule has 40 heavy (non-hydrogen) atoms. The molecule has 3 aliphatic carbocycles. The van der Waals surface area contributed by atoms with Gasteiger partial charge in [0.05, 0.1) is 23.2 Å². The maximum Gasteiger partial charge on any atom is 0.235 e. The van der Waals surface area contributed by atoms with Crippen molar-refractivity contribution in [2.75, 3.05) is 41.3 Å². The second kappa shape index (κ2) is 10.8. The Morgan fingerprint density at radius 3 is 2.40 bits per heavy atom. The smallest absolute Gasteiger partial charge is 0.235 e. The van der Waals surface area contributed by atoms with Gasteiger partial charge in [0, 0.05) is 24.4 Å². The molecule has 0 saturated heterocycles. The number of amides is 1. The molecule has 0 bridgehead atoms. The quantitative estimate of drug-likeness (QED) is 0.216. The molecule has 3 aliphatic rings. The Bertz CT molecular complexity index is 1310. The van der Waals surface area contributed by atoms with Crippen LogP contribution < -0.4 is 5.73 Å². The van der Waals surface area contributed by atoms with E-state index in [2.05, 4.69) is 5.16 Å². The molecular formula is C28H36N4O8. The summed E-state index contributed by atoms with van der Waals surface area (Å²) >= 11 is 0. The Morgan fingerprint density at radius 2 is 1.82 bits per heavy atom. The van der Waals surface area contributed by atoms with Gasteiger partial charge < -0.3 is 25.7 Å². The first-order valence-corrected chi connectivity index (χ1v) is 13.3. The molecule has 6 atom stereocenters. The summed E-state index contributed by atoms with van der Waals surface area (Å²) in [4.78, 5) is 75.3. The molecule has 1 aromatic carbocycles. The number of carbonyl (C=O) groups is 5. The highest BCUT2D eigenvalue weighted by atomic mass is 16.6. The number of ketones is 4. The molecule has 2 saturated carbocycles. The first-order valence-electron chi connectivity index (χ1n) is 13.3. The lowest BCUT2D eigenvalue weighted by atomic mass is 9.52. The predicted molar refractivity (Wildman–Crippen MR) is 143 cm³/mol. The third-order valence-corrected chi connectivity index (χ3v) is 8.36. The van der Waals surface area contributed by atoms with Gasteiger partial charge in [-0.2, -0.15) is 0 Å². The van der Waals surface area contributed by atoms with E-state index in [1.54, 1.807) is 27.1 Å². The van der Waals surface area contributed by atoms with Gasteiger partial charge in [-0.25, -0.2) is 0 Å². The van der Waals surface area contributed by atoms with Gasteiger partial charge in [-0.05, 0) is 71.6 Å². The first kappa shape index (κ1) is 29.5. The lowest BCUT2D eigenvalue weighted by Crippen LogP contribution is -2.74. The van der Waals surface area contributed by atoms with Gasteiger partial charge in [-0.3, -0.25) is 28.9 Å². The van der Waals surface area contributed by atoms with Gasteiger partial charge in [0.1, 0.15) is 12.4 Å². The number of phenols is 1. The lowest BCUT2D eigenvalue weighted by molar-refractivity contribution is -0.181. The fourth-order valence-electron chi connectivity index (χ4n) is 6.58. The highest BCUT2D eigenvalue weighted by Crippen LogP contribution is 2.51. The number of fused-ring (bicyclic) bond motifs is 3. The maximum absolute atomic E-state index is 13.9. The third-order valence-electron chi connectivity index (χ3n) is 8.36. The number of phenolic OH excluding ortho intramolecular Hbond substituents is 1. The molecule has 2 unspecified atom stereocenters. The summed E-state index contributed by atoms with van der Waals surface area (Å²) in [5.41, 5.74) is 4.18. The minimum atomic E-state index is -2.75. The van der Waals surface area contributed by atoms with Gasteiger partial charge in [0.25, 0.3) is 0 Å². The number of aliphatic hydroxyl groups is 1. The number of carbonyl (C=O) groups excluding carboxylic acids is 5. The van der Waals surface area contributed by atoms with Gasteiger partial charge >= 0.3 is 0 Å². The summed E-state index contributed by atoms with van der Waals surface area (Å²) in [6, 6.07) is 1.86. The van der Waals surface area contributed by atoms with Crippen molar-refractivity contribution in [3.8, 4) is 5.75 Å². The fraction of sp³-hybridized carbons (Fsp3) is 0.571. The molecule has 0 radical (unpaired) electrons. The summed E-state index contributed by atoms with van der Waals surface area (Å²) < 4.78 is 0. The summed E-state index contributed by atoms with van der Waals surface area (Å²) in [7, 11) is 6.91. The van der Waals surface area contributed by atoms with Crippen LogP contribution in [0.3, 0.4) is 0 Å². The van der Waals surface area contributed by atoms with Crippen LogP contribution in [0.4, 0.5) is 0 Å². The van der Waals surface area contributed by atoms with Crippen molar-refractivity contribution in [2.45, 2.75) is 37.8 Å². The second-order valence-electron chi connectivity index (χ2n) is 11.3. The number of rotatable bonds is 8. The molecule has 1 amide bonds.